The molecule has 4 N–H and O–H groups in total. The predicted octanol–water partition coefficient (Wildman–Crippen LogP) is 31.6. The van der Waals surface area contributed by atoms with Crippen molar-refractivity contribution in [2.24, 2.45) is 0 Å². The number of carbonyl (C=O) groups excluding carboxylic acids is 3. The molecule has 16 nitrogen and oxygen atoms in total. The first-order valence-electron chi connectivity index (χ1n) is 50.1. The topological polar surface area (TPSA) is 231 Å². The van der Waals surface area contributed by atoms with Crippen LogP contribution in [0.15, 0.2) is 182 Å². The van der Waals surface area contributed by atoms with Crippen LogP contribution in [0.2, 0.25) is 0 Å². The first-order valence-corrected chi connectivity index (χ1v) is 53.1. The average Bonchev–Trinajstić information content (AvgIpc) is 0.902. The second-order valence-corrected chi connectivity index (χ2v) is 36.1. The van der Waals surface area contributed by atoms with E-state index in [-0.39, 0.29) is 19.3 Å². The molecule has 0 fully saturated rings. The van der Waals surface area contributed by atoms with Crippen LogP contribution >= 0.6 is 15.6 Å². The maximum atomic E-state index is 13.1. The van der Waals surface area contributed by atoms with Gasteiger partial charge in [-0.15, -0.1) is 0 Å². The number of aliphatic hydroxyl groups is 2. The van der Waals surface area contributed by atoms with Gasteiger partial charge in [0.15, 0.2) is 6.10 Å². The van der Waals surface area contributed by atoms with Crippen molar-refractivity contribution in [2.45, 2.75) is 437 Å². The third-order valence-electron chi connectivity index (χ3n) is 21.1. The molecule has 0 bridgehead atoms. The highest BCUT2D eigenvalue weighted by Gasteiger charge is 2.30. The maximum Gasteiger partial charge on any atom is 0.472 e. The number of unbranched alkanes of at least 4 members (excludes halogenated alkanes) is 41. The fourth-order valence-corrected chi connectivity index (χ4v) is 15.2. The number of aliphatic hydroxyl groups excluding tert-OH is 2. The minimum Gasteiger partial charge on any atom is -0.463 e. The highest BCUT2D eigenvalue weighted by Crippen LogP contribution is 2.45. The third-order valence-corrected chi connectivity index (χ3v) is 23.0. The van der Waals surface area contributed by atoms with Gasteiger partial charge in [0.1, 0.15) is 25.4 Å². The zero-order valence-electron chi connectivity index (χ0n) is 79.2. The number of phosphoric ester groups is 2. The lowest BCUT2D eigenvalue weighted by Gasteiger charge is -2.21. The molecule has 0 aromatic rings. The summed E-state index contributed by atoms with van der Waals surface area (Å²) >= 11 is 0. The van der Waals surface area contributed by atoms with E-state index in [1.807, 2.05) is 0 Å². The van der Waals surface area contributed by atoms with Gasteiger partial charge in [-0.25, -0.2) is 9.13 Å². The van der Waals surface area contributed by atoms with E-state index in [4.69, 9.17) is 32.3 Å². The van der Waals surface area contributed by atoms with Crippen LogP contribution in [0.5, 0.6) is 0 Å². The second kappa shape index (κ2) is 97.7. The average molecular weight is 1790 g/mol. The van der Waals surface area contributed by atoms with E-state index >= 15 is 0 Å². The summed E-state index contributed by atoms with van der Waals surface area (Å²) in [5, 5.41) is 20.8. The summed E-state index contributed by atoms with van der Waals surface area (Å²) in [6.45, 7) is 2.48. The van der Waals surface area contributed by atoms with Crippen LogP contribution in [-0.4, -0.2) is 95.9 Å². The van der Waals surface area contributed by atoms with Gasteiger partial charge in [-0.2, -0.15) is 0 Å². The van der Waals surface area contributed by atoms with Crippen LogP contribution in [0.3, 0.4) is 0 Å². The molecular formula is C107H182O16P2. The molecule has 18 heteroatoms. The van der Waals surface area contributed by atoms with Crippen LogP contribution in [0.1, 0.15) is 419 Å². The molecule has 0 amide bonds. The normalized spacial score (nSPS) is 14.5. The van der Waals surface area contributed by atoms with Crippen molar-refractivity contribution in [3.63, 3.8) is 0 Å². The molecule has 0 radical (unpaired) electrons. The van der Waals surface area contributed by atoms with Gasteiger partial charge in [0, 0.05) is 19.3 Å². The van der Waals surface area contributed by atoms with Crippen LogP contribution in [0.4, 0.5) is 0 Å². The number of rotatable bonds is 94. The zero-order valence-corrected chi connectivity index (χ0v) is 81.0. The number of carbonyl (C=O) groups is 3. The van der Waals surface area contributed by atoms with Crippen molar-refractivity contribution < 1.29 is 75.8 Å². The minimum absolute atomic E-state index is 0.0934. The van der Waals surface area contributed by atoms with E-state index in [1.54, 1.807) is 0 Å². The molecule has 0 rings (SSSR count). The largest absolute Gasteiger partial charge is 0.472 e. The number of allylic oxidation sites excluding steroid dienone is 30. The van der Waals surface area contributed by atoms with E-state index in [1.165, 1.54) is 193 Å². The molecule has 0 saturated heterocycles. The minimum atomic E-state index is -4.95. The van der Waals surface area contributed by atoms with E-state index in [0.29, 0.717) is 19.3 Å². The van der Waals surface area contributed by atoms with Crippen LogP contribution in [0.25, 0.3) is 0 Å². The lowest BCUT2D eigenvalue weighted by Crippen LogP contribution is -2.30. The number of ether oxygens (including phenoxy) is 3. The molecule has 0 heterocycles. The van der Waals surface area contributed by atoms with Gasteiger partial charge in [-0.3, -0.25) is 32.5 Å². The molecule has 5 atom stereocenters. The van der Waals surface area contributed by atoms with E-state index in [2.05, 4.69) is 203 Å². The first kappa shape index (κ1) is 120. The summed E-state index contributed by atoms with van der Waals surface area (Å²) < 4.78 is 61.7. The Balaban J connectivity index is 4.61. The highest BCUT2D eigenvalue weighted by molar-refractivity contribution is 7.47. The van der Waals surface area contributed by atoms with Gasteiger partial charge in [-0.05, 0) is 161 Å². The van der Waals surface area contributed by atoms with E-state index in [9.17, 15) is 43.5 Å². The lowest BCUT2D eigenvalue weighted by atomic mass is 10.0. The lowest BCUT2D eigenvalue weighted by molar-refractivity contribution is -0.161. The number of hydrogen-bond acceptors (Lipinski definition) is 14. The number of phosphoric acid groups is 2. The van der Waals surface area contributed by atoms with Crippen molar-refractivity contribution in [1.82, 2.24) is 0 Å². The summed E-state index contributed by atoms with van der Waals surface area (Å²) in [6.07, 6.45) is 129. The van der Waals surface area contributed by atoms with Gasteiger partial charge >= 0.3 is 33.6 Å². The molecule has 0 saturated carbocycles. The molecule has 0 aliphatic rings. The van der Waals surface area contributed by atoms with Crippen LogP contribution < -0.4 is 0 Å². The molecule has 0 aromatic carbocycles. The summed E-state index contributed by atoms with van der Waals surface area (Å²) in [4.78, 5) is 59.2. The van der Waals surface area contributed by atoms with Crippen molar-refractivity contribution >= 4 is 33.6 Å². The smallest absolute Gasteiger partial charge is 0.463 e. The first-order chi connectivity index (χ1) is 61.2. The zero-order chi connectivity index (χ0) is 90.7. The second-order valence-electron chi connectivity index (χ2n) is 33.2. The van der Waals surface area contributed by atoms with Crippen molar-refractivity contribution in [3.05, 3.63) is 182 Å². The molecule has 0 aliphatic carbocycles. The Morgan fingerprint density at radius 2 is 0.424 bits per heavy atom. The van der Waals surface area contributed by atoms with E-state index < -0.39 is 91.5 Å². The van der Waals surface area contributed by atoms with Gasteiger partial charge in [-0.1, -0.05) is 421 Å². The van der Waals surface area contributed by atoms with Gasteiger partial charge in [0.2, 0.25) is 0 Å². The molecule has 0 aliphatic heterocycles. The van der Waals surface area contributed by atoms with Crippen LogP contribution in [-0.2, 0) is 55.8 Å². The standard InChI is InChI=1S/C107H182O16P2/c1-4-7-10-13-16-19-22-25-28-31-34-37-40-43-45-47-49-50-52-54-55-58-60-63-66-69-72-75-78-81-84-87-90-93-105(110)117-96-102(108)97-119-124(113,114)120-98-103(109)99-121-125(115,116)122-101-104(123-107(112)95-92-89-86-83-80-77-74-71-68-65-62-57-42-39-36-33-30-27-24-21-18-15-12-9-6-3)100-118-106(111)94-91-88-85-82-79-76-73-70-67-64-61-59-56-53-51-48-46-44-41-38-35-32-29-26-23-20-17-14-11-8-5-2/h7,9-10,12,16-21,25-30,34-39,43-46,49-50,57,62,102-104,108-109H,4-6,8,11,13-15,22-24,31-33,40-42,47-48,51-56,58-61,63-101H2,1-3H3,(H,113,114)(H,115,116)/b10-7-,12-9-,19-16-,20-17-,21-18-,28-25-,29-26-,30-27-,37-34-,38-35-,39-36-,45-43-,46-44-,50-49-,62-57-. The molecular weight excluding hydrogens is 1600 g/mol. The van der Waals surface area contributed by atoms with Crippen molar-refractivity contribution in [1.29, 1.82) is 0 Å². The summed E-state index contributed by atoms with van der Waals surface area (Å²) in [5.74, 6) is -1.57. The Labute approximate surface area is 764 Å². The highest BCUT2D eigenvalue weighted by atomic mass is 31.2. The van der Waals surface area contributed by atoms with Crippen LogP contribution in [0, 0.1) is 0 Å². The van der Waals surface area contributed by atoms with Gasteiger partial charge in [0.05, 0.1) is 26.4 Å². The summed E-state index contributed by atoms with van der Waals surface area (Å²) in [7, 11) is -9.82. The third kappa shape index (κ3) is 99.1. The monoisotopic (exact) mass is 1790 g/mol. The summed E-state index contributed by atoms with van der Waals surface area (Å²) in [6, 6.07) is 0. The van der Waals surface area contributed by atoms with E-state index in [0.717, 1.165) is 167 Å². The van der Waals surface area contributed by atoms with Gasteiger partial charge in [0.25, 0.3) is 0 Å². The SMILES string of the molecule is CC/C=C\C/C=C\C/C=C\C/C=C\C/C=C\C/C=C\CCCCCCCCCCCCCCCCC(=O)OCC(O)COP(=O)(O)OCC(O)COP(=O)(O)OCC(COC(=O)CCCCCCCCCCCCCCCCC/C=C\C/C=C\C/C=C\C/C=C\CCCCC)OC(=O)CCCCCCCCCCC/C=C\C/C=C\C/C=C\C/C=C\C/C=C\CC. The predicted molar refractivity (Wildman–Crippen MR) is 528 cm³/mol. The Morgan fingerprint density at radius 1 is 0.232 bits per heavy atom. The van der Waals surface area contributed by atoms with Crippen molar-refractivity contribution in [3.8, 4) is 0 Å². The molecule has 125 heavy (non-hydrogen) atoms. The molecule has 0 aromatic heterocycles. The van der Waals surface area contributed by atoms with Gasteiger partial charge < -0.3 is 34.2 Å². The fraction of sp³-hybridized carbons (Fsp3) is 0.692. The maximum absolute atomic E-state index is 13.1. The number of esters is 3. The quantitative estimate of drug-likeness (QED) is 0.0146. The Kier molecular flexibility index (Phi) is 93.5. The molecule has 0 spiro atoms. The molecule has 5 unspecified atom stereocenters. The number of hydrogen-bond donors (Lipinski definition) is 4. The summed E-state index contributed by atoms with van der Waals surface area (Å²) in [5.41, 5.74) is 0. The van der Waals surface area contributed by atoms with Crippen molar-refractivity contribution in [2.75, 3.05) is 39.6 Å². The Hall–Kier alpha value is -5.35. The fourth-order valence-electron chi connectivity index (χ4n) is 13.6. The molecule has 716 valence electrons. The Bertz CT molecular complexity index is 3000. The Morgan fingerprint density at radius 3 is 0.672 bits per heavy atom.